The molecule has 2 aliphatic carbocycles. The van der Waals surface area contributed by atoms with Crippen molar-refractivity contribution in [3.05, 3.63) is 16.5 Å². The Morgan fingerprint density at radius 3 is 2.65 bits per heavy atom. The third-order valence-corrected chi connectivity index (χ3v) is 5.04. The molecule has 108 valence electrons. The lowest BCUT2D eigenvalue weighted by Crippen LogP contribution is -2.28. The first-order chi connectivity index (χ1) is 9.70. The number of halogens is 1. The van der Waals surface area contributed by atoms with Gasteiger partial charge in [-0.2, -0.15) is 0 Å². The molecule has 20 heavy (non-hydrogen) atoms. The molecular weight excluding hydrogens is 272 g/mol. The predicted molar refractivity (Wildman–Crippen MR) is 80.4 cm³/mol. The van der Waals surface area contributed by atoms with Crippen molar-refractivity contribution >= 4 is 17.4 Å². The topological polar surface area (TPSA) is 41.1 Å². The number of hydrogen-bond acceptors (Lipinski definition) is 4. The van der Waals surface area contributed by atoms with Crippen molar-refractivity contribution in [1.29, 1.82) is 0 Å². The summed E-state index contributed by atoms with van der Waals surface area (Å²) in [5.74, 6) is 2.43. The monoisotopic (exact) mass is 292 g/mol. The van der Waals surface area contributed by atoms with E-state index in [0.717, 1.165) is 29.8 Å². The van der Waals surface area contributed by atoms with Crippen LogP contribution in [0, 0.1) is 6.92 Å². The first kappa shape index (κ1) is 12.8. The number of anilines is 1. The summed E-state index contributed by atoms with van der Waals surface area (Å²) in [7, 11) is 0. The molecule has 0 spiro atoms. The van der Waals surface area contributed by atoms with Crippen LogP contribution in [0.2, 0.25) is 5.15 Å². The van der Waals surface area contributed by atoms with Gasteiger partial charge in [0.2, 0.25) is 0 Å². The van der Waals surface area contributed by atoms with Crippen molar-refractivity contribution < 1.29 is 0 Å². The molecule has 0 bridgehead atoms. The average molecular weight is 293 g/mol. The normalized spacial score (nSPS) is 27.0. The molecule has 1 unspecified atom stereocenters. The maximum Gasteiger partial charge on any atom is 0.137 e. The molecule has 1 aromatic heterocycles. The van der Waals surface area contributed by atoms with E-state index in [1.165, 1.54) is 38.6 Å². The highest BCUT2D eigenvalue weighted by molar-refractivity contribution is 6.30. The van der Waals surface area contributed by atoms with Crippen LogP contribution in [-0.4, -0.2) is 40.0 Å². The molecule has 1 N–H and O–H groups in total. The van der Waals surface area contributed by atoms with Crippen LogP contribution in [0.4, 0.5) is 5.82 Å². The summed E-state index contributed by atoms with van der Waals surface area (Å²) in [5, 5.41) is 4.22. The molecule has 1 aromatic rings. The third-order valence-electron chi connectivity index (χ3n) is 4.67. The number of aromatic nitrogens is 2. The average Bonchev–Trinajstić information content (AvgIpc) is 3.33. The van der Waals surface area contributed by atoms with Gasteiger partial charge in [0.15, 0.2) is 0 Å². The quantitative estimate of drug-likeness (QED) is 0.866. The molecule has 4 rings (SSSR count). The zero-order valence-corrected chi connectivity index (χ0v) is 12.7. The van der Waals surface area contributed by atoms with E-state index in [9.17, 15) is 0 Å². The highest BCUT2D eigenvalue weighted by atomic mass is 35.5. The van der Waals surface area contributed by atoms with E-state index < -0.39 is 0 Å². The van der Waals surface area contributed by atoms with Crippen molar-refractivity contribution in [3.63, 3.8) is 0 Å². The van der Waals surface area contributed by atoms with Crippen LogP contribution in [0.15, 0.2) is 0 Å². The first-order valence-electron chi connectivity index (χ1n) is 7.75. The number of rotatable bonds is 4. The third kappa shape index (κ3) is 2.51. The van der Waals surface area contributed by atoms with Gasteiger partial charge in [-0.25, -0.2) is 9.97 Å². The Labute approximate surface area is 124 Å². The van der Waals surface area contributed by atoms with E-state index in [0.29, 0.717) is 17.1 Å². The minimum Gasteiger partial charge on any atom is -0.366 e. The van der Waals surface area contributed by atoms with E-state index in [2.05, 4.69) is 15.2 Å². The second-order valence-corrected chi connectivity index (χ2v) is 6.83. The van der Waals surface area contributed by atoms with Crippen molar-refractivity contribution in [2.75, 3.05) is 18.4 Å². The SMILES string of the molecule is Cc1c(Cl)nc(C2CC2)nc1NC1CCN(C2CC2)C1. The van der Waals surface area contributed by atoms with Crippen molar-refractivity contribution in [3.8, 4) is 0 Å². The number of hydrogen-bond donors (Lipinski definition) is 1. The van der Waals surface area contributed by atoms with Gasteiger partial charge in [0.05, 0.1) is 0 Å². The van der Waals surface area contributed by atoms with Crippen LogP contribution >= 0.6 is 11.6 Å². The smallest absolute Gasteiger partial charge is 0.137 e. The fourth-order valence-electron chi connectivity index (χ4n) is 3.04. The van der Waals surface area contributed by atoms with Crippen LogP contribution in [0.1, 0.15) is 49.4 Å². The Kier molecular flexibility index (Phi) is 3.11. The first-order valence-corrected chi connectivity index (χ1v) is 8.13. The summed E-state index contributed by atoms with van der Waals surface area (Å²) >= 11 is 6.26. The van der Waals surface area contributed by atoms with Gasteiger partial charge in [0.25, 0.3) is 0 Å². The summed E-state index contributed by atoms with van der Waals surface area (Å²) in [6, 6.07) is 1.37. The number of nitrogens with zero attached hydrogens (tertiary/aromatic N) is 3. The molecule has 1 aliphatic heterocycles. The van der Waals surface area contributed by atoms with E-state index in [1.54, 1.807) is 0 Å². The van der Waals surface area contributed by atoms with Gasteiger partial charge >= 0.3 is 0 Å². The second-order valence-electron chi connectivity index (χ2n) is 6.48. The molecule has 1 atom stereocenters. The van der Waals surface area contributed by atoms with E-state index in [-0.39, 0.29) is 0 Å². The Morgan fingerprint density at radius 1 is 1.15 bits per heavy atom. The van der Waals surface area contributed by atoms with Crippen molar-refractivity contribution in [2.24, 2.45) is 0 Å². The van der Waals surface area contributed by atoms with E-state index in [4.69, 9.17) is 16.6 Å². The highest BCUT2D eigenvalue weighted by Crippen LogP contribution is 2.39. The molecule has 0 radical (unpaired) electrons. The lowest BCUT2D eigenvalue weighted by molar-refractivity contribution is 0.326. The second kappa shape index (κ2) is 4.85. The van der Waals surface area contributed by atoms with Gasteiger partial charge < -0.3 is 5.32 Å². The van der Waals surface area contributed by atoms with Crippen LogP contribution in [0.5, 0.6) is 0 Å². The number of nitrogens with one attached hydrogen (secondary N) is 1. The molecule has 2 heterocycles. The molecule has 2 saturated carbocycles. The Morgan fingerprint density at radius 2 is 1.95 bits per heavy atom. The summed E-state index contributed by atoms with van der Waals surface area (Å²) < 4.78 is 0. The molecule has 5 heteroatoms. The molecular formula is C15H21ClN4. The summed E-state index contributed by atoms with van der Waals surface area (Å²) in [4.78, 5) is 11.8. The molecule has 0 amide bonds. The summed E-state index contributed by atoms with van der Waals surface area (Å²) in [6.07, 6.45) is 6.39. The largest absolute Gasteiger partial charge is 0.366 e. The van der Waals surface area contributed by atoms with Crippen LogP contribution in [-0.2, 0) is 0 Å². The van der Waals surface area contributed by atoms with Crippen LogP contribution in [0.3, 0.4) is 0 Å². The van der Waals surface area contributed by atoms with Gasteiger partial charge in [-0.1, -0.05) is 11.6 Å². The molecule has 3 aliphatic rings. The van der Waals surface area contributed by atoms with Crippen LogP contribution < -0.4 is 5.32 Å². The molecule has 1 saturated heterocycles. The molecule has 4 nitrogen and oxygen atoms in total. The molecule has 3 fully saturated rings. The fourth-order valence-corrected chi connectivity index (χ4v) is 3.22. The summed E-state index contributed by atoms with van der Waals surface area (Å²) in [6.45, 7) is 4.37. The Hall–Kier alpha value is -0.870. The lowest BCUT2D eigenvalue weighted by atomic mass is 10.2. The maximum absolute atomic E-state index is 6.26. The minimum atomic E-state index is 0.507. The van der Waals surface area contributed by atoms with E-state index in [1.807, 2.05) is 6.92 Å². The fraction of sp³-hybridized carbons (Fsp3) is 0.733. The van der Waals surface area contributed by atoms with Gasteiger partial charge in [0.1, 0.15) is 16.8 Å². The zero-order chi connectivity index (χ0) is 13.7. The van der Waals surface area contributed by atoms with Crippen molar-refractivity contribution in [2.45, 2.75) is 57.0 Å². The van der Waals surface area contributed by atoms with Gasteiger partial charge in [-0.05, 0) is 39.0 Å². The Balaban J connectivity index is 1.49. The van der Waals surface area contributed by atoms with E-state index >= 15 is 0 Å². The van der Waals surface area contributed by atoms with Gasteiger partial charge in [0, 0.05) is 36.7 Å². The Bertz CT molecular complexity index is 525. The lowest BCUT2D eigenvalue weighted by Gasteiger charge is -2.18. The minimum absolute atomic E-state index is 0.507. The zero-order valence-electron chi connectivity index (χ0n) is 11.9. The van der Waals surface area contributed by atoms with Gasteiger partial charge in [-0.3, -0.25) is 4.90 Å². The standard InChI is InChI=1S/C15H21ClN4/c1-9-13(16)18-15(10-2-3-10)19-14(9)17-11-6-7-20(8-11)12-4-5-12/h10-12H,2-8H2,1H3,(H,17,18,19). The molecule has 0 aromatic carbocycles. The highest BCUT2D eigenvalue weighted by Gasteiger charge is 2.35. The maximum atomic E-state index is 6.26. The number of likely N-dealkylation sites (tertiary alicyclic amines) is 1. The predicted octanol–water partition coefficient (Wildman–Crippen LogP) is 2.96. The summed E-state index contributed by atoms with van der Waals surface area (Å²) in [5.41, 5.74) is 0.987. The van der Waals surface area contributed by atoms with Gasteiger partial charge in [-0.15, -0.1) is 0 Å². The van der Waals surface area contributed by atoms with Crippen LogP contribution in [0.25, 0.3) is 0 Å². The van der Waals surface area contributed by atoms with Crippen molar-refractivity contribution in [1.82, 2.24) is 14.9 Å².